The Labute approximate surface area is 160 Å². The van der Waals surface area contributed by atoms with Crippen molar-refractivity contribution in [3.8, 4) is 0 Å². The highest BCUT2D eigenvalue weighted by Crippen LogP contribution is 2.49. The first kappa shape index (κ1) is 19.8. The first-order chi connectivity index (χ1) is 12.8. The van der Waals surface area contributed by atoms with Crippen LogP contribution in [-0.2, 0) is 24.3 Å². The lowest BCUT2D eigenvalue weighted by Crippen LogP contribution is -2.23. The fourth-order valence-electron chi connectivity index (χ4n) is 4.16. The molecule has 8 heteroatoms. The van der Waals surface area contributed by atoms with Gasteiger partial charge in [0.15, 0.2) is 6.61 Å². The number of sulfonamides is 1. The zero-order chi connectivity index (χ0) is 19.6. The number of benzene rings is 1. The minimum Gasteiger partial charge on any atom is -0.456 e. The maximum Gasteiger partial charge on any atom is 0.306 e. The van der Waals surface area contributed by atoms with Crippen molar-refractivity contribution in [2.45, 2.75) is 37.0 Å². The number of nitrogens with one attached hydrogen (secondary N) is 1. The highest BCUT2D eigenvalue weighted by atomic mass is 32.2. The van der Waals surface area contributed by atoms with Gasteiger partial charge in [-0.25, -0.2) is 12.7 Å². The monoisotopic (exact) mass is 394 g/mol. The zero-order valence-electron chi connectivity index (χ0n) is 15.7. The molecule has 27 heavy (non-hydrogen) atoms. The van der Waals surface area contributed by atoms with Gasteiger partial charge in [0.2, 0.25) is 10.0 Å². The molecule has 3 atom stereocenters. The van der Waals surface area contributed by atoms with Gasteiger partial charge in [-0.05, 0) is 61.3 Å². The van der Waals surface area contributed by atoms with E-state index in [0.29, 0.717) is 23.9 Å². The summed E-state index contributed by atoms with van der Waals surface area (Å²) in [5, 5.41) is 2.60. The third kappa shape index (κ3) is 4.68. The number of esters is 1. The molecular formula is C19H26N2O5S. The molecule has 0 radical (unpaired) electrons. The molecule has 1 aromatic carbocycles. The van der Waals surface area contributed by atoms with Gasteiger partial charge in [-0.15, -0.1) is 0 Å². The zero-order valence-corrected chi connectivity index (χ0v) is 16.5. The van der Waals surface area contributed by atoms with E-state index in [1.54, 1.807) is 0 Å². The molecule has 2 fully saturated rings. The summed E-state index contributed by atoms with van der Waals surface area (Å²) in [6.07, 6.45) is 5.23. The van der Waals surface area contributed by atoms with Crippen molar-refractivity contribution < 1.29 is 22.7 Å². The van der Waals surface area contributed by atoms with Gasteiger partial charge in [0.25, 0.3) is 5.91 Å². The molecule has 3 rings (SSSR count). The van der Waals surface area contributed by atoms with Crippen molar-refractivity contribution in [3.05, 3.63) is 24.3 Å². The van der Waals surface area contributed by atoms with Gasteiger partial charge in [0.05, 0.1) is 4.90 Å². The van der Waals surface area contributed by atoms with Crippen LogP contribution in [0, 0.1) is 17.8 Å². The van der Waals surface area contributed by atoms with Gasteiger partial charge >= 0.3 is 5.97 Å². The molecule has 2 bridgehead atoms. The molecule has 0 spiro atoms. The average Bonchev–Trinajstić information content (AvgIpc) is 3.23. The minimum absolute atomic E-state index is 0.141. The predicted molar refractivity (Wildman–Crippen MR) is 100 cm³/mol. The van der Waals surface area contributed by atoms with Crippen LogP contribution in [-0.4, -0.2) is 45.3 Å². The van der Waals surface area contributed by atoms with Crippen molar-refractivity contribution >= 4 is 27.6 Å². The Morgan fingerprint density at radius 3 is 2.41 bits per heavy atom. The van der Waals surface area contributed by atoms with Gasteiger partial charge < -0.3 is 10.1 Å². The molecule has 148 valence electrons. The van der Waals surface area contributed by atoms with Gasteiger partial charge in [-0.1, -0.05) is 6.42 Å². The van der Waals surface area contributed by atoms with Gasteiger partial charge in [0.1, 0.15) is 0 Å². The van der Waals surface area contributed by atoms with E-state index in [1.165, 1.54) is 57.6 Å². The summed E-state index contributed by atoms with van der Waals surface area (Å²) in [4.78, 5) is 24.1. The number of rotatable bonds is 7. The predicted octanol–water partition coefficient (Wildman–Crippen LogP) is 2.24. The second-order valence-electron chi connectivity index (χ2n) is 7.66. The Bertz CT molecular complexity index is 804. The number of hydrogen-bond donors (Lipinski definition) is 1. The van der Waals surface area contributed by atoms with Crippen LogP contribution in [0.3, 0.4) is 0 Å². The first-order valence-electron chi connectivity index (χ1n) is 9.24. The van der Waals surface area contributed by atoms with Crippen molar-refractivity contribution in [2.24, 2.45) is 17.8 Å². The number of carbonyl (C=O) groups excluding carboxylic acids is 2. The fourth-order valence-corrected chi connectivity index (χ4v) is 5.07. The summed E-state index contributed by atoms with van der Waals surface area (Å²) in [6.45, 7) is -0.336. The van der Waals surface area contributed by atoms with Crippen LogP contribution in [0.25, 0.3) is 0 Å². The number of carbonyl (C=O) groups is 2. The number of ether oxygens (including phenoxy) is 1. The molecule has 2 aliphatic rings. The van der Waals surface area contributed by atoms with Crippen LogP contribution in [0.1, 0.15) is 32.1 Å². The van der Waals surface area contributed by atoms with Crippen molar-refractivity contribution in [1.82, 2.24) is 4.31 Å². The van der Waals surface area contributed by atoms with Crippen LogP contribution < -0.4 is 5.32 Å². The number of nitrogens with zero attached hydrogens (tertiary/aromatic N) is 1. The largest absolute Gasteiger partial charge is 0.456 e. The third-order valence-corrected chi connectivity index (χ3v) is 7.42. The standard InChI is InChI=1S/C19H26N2O5S/c1-21(2)27(24,25)17-7-5-16(6-8-17)20-18(22)12-26-19(23)11-15-10-13-3-4-14(15)9-13/h5-8,13-15H,3-4,9-12H2,1-2H3,(H,20,22)/t13-,14+,15-/m1/s1. The summed E-state index contributed by atoms with van der Waals surface area (Å²) in [5.41, 5.74) is 0.446. The van der Waals surface area contributed by atoms with Gasteiger partial charge in [-0.3, -0.25) is 9.59 Å². The summed E-state index contributed by atoms with van der Waals surface area (Å²) >= 11 is 0. The maximum absolute atomic E-state index is 12.0. The van der Waals surface area contributed by atoms with E-state index in [2.05, 4.69) is 5.32 Å². The molecule has 0 aromatic heterocycles. The van der Waals surface area contributed by atoms with E-state index in [4.69, 9.17) is 4.74 Å². The SMILES string of the molecule is CN(C)S(=O)(=O)c1ccc(NC(=O)COC(=O)C[C@H]2C[C@@H]3CC[C@H]2C3)cc1. The molecule has 1 aromatic rings. The quantitative estimate of drug-likeness (QED) is 0.716. The van der Waals surface area contributed by atoms with Crippen LogP contribution in [0.2, 0.25) is 0 Å². The second-order valence-corrected chi connectivity index (χ2v) is 9.81. The van der Waals surface area contributed by atoms with Crippen LogP contribution in [0.5, 0.6) is 0 Å². The summed E-state index contributed by atoms with van der Waals surface area (Å²) in [6, 6.07) is 5.86. The average molecular weight is 394 g/mol. The molecular weight excluding hydrogens is 368 g/mol. The highest BCUT2D eigenvalue weighted by Gasteiger charge is 2.40. The Hall–Kier alpha value is -1.93. The topological polar surface area (TPSA) is 92.8 Å². The Kier molecular flexibility index (Phi) is 5.86. The molecule has 0 saturated heterocycles. The van der Waals surface area contributed by atoms with E-state index in [-0.39, 0.29) is 17.5 Å². The second kappa shape index (κ2) is 7.98. The number of hydrogen-bond acceptors (Lipinski definition) is 5. The normalized spacial score (nSPS) is 24.2. The van der Waals surface area contributed by atoms with Crippen LogP contribution in [0.4, 0.5) is 5.69 Å². The molecule has 1 amide bonds. The molecule has 0 unspecified atom stereocenters. The van der Waals surface area contributed by atoms with Crippen molar-refractivity contribution in [2.75, 3.05) is 26.0 Å². The molecule has 0 aliphatic heterocycles. The van der Waals surface area contributed by atoms with Gasteiger partial charge in [-0.2, -0.15) is 0 Å². The van der Waals surface area contributed by atoms with Crippen LogP contribution >= 0.6 is 0 Å². The smallest absolute Gasteiger partial charge is 0.306 e. The van der Waals surface area contributed by atoms with E-state index < -0.39 is 15.9 Å². The minimum atomic E-state index is -3.51. The van der Waals surface area contributed by atoms with Crippen molar-refractivity contribution in [3.63, 3.8) is 0 Å². The molecule has 2 aliphatic carbocycles. The maximum atomic E-state index is 12.0. The third-order valence-electron chi connectivity index (χ3n) is 5.59. The Morgan fingerprint density at radius 2 is 1.85 bits per heavy atom. The molecule has 1 N–H and O–H groups in total. The molecule has 7 nitrogen and oxygen atoms in total. The van der Waals surface area contributed by atoms with E-state index in [0.717, 1.165) is 16.6 Å². The molecule has 2 saturated carbocycles. The summed E-state index contributed by atoms with van der Waals surface area (Å²) < 4.78 is 30.2. The lowest BCUT2D eigenvalue weighted by molar-refractivity contribution is -0.148. The van der Waals surface area contributed by atoms with Gasteiger partial charge in [0, 0.05) is 26.2 Å². The Balaban J connectivity index is 1.44. The van der Waals surface area contributed by atoms with Crippen molar-refractivity contribution in [1.29, 1.82) is 0 Å². The van der Waals surface area contributed by atoms with E-state index in [9.17, 15) is 18.0 Å². The Morgan fingerprint density at radius 1 is 1.15 bits per heavy atom. The van der Waals surface area contributed by atoms with E-state index in [1.807, 2.05) is 0 Å². The first-order valence-corrected chi connectivity index (χ1v) is 10.7. The number of amides is 1. The molecule has 0 heterocycles. The summed E-state index contributed by atoms with van der Waals surface area (Å²) in [7, 11) is -0.599. The number of anilines is 1. The van der Waals surface area contributed by atoms with Crippen LogP contribution in [0.15, 0.2) is 29.2 Å². The number of fused-ring (bicyclic) bond motifs is 2. The highest BCUT2D eigenvalue weighted by molar-refractivity contribution is 7.89. The van der Waals surface area contributed by atoms with E-state index >= 15 is 0 Å². The fraction of sp³-hybridized carbons (Fsp3) is 0.579. The summed E-state index contributed by atoms with van der Waals surface area (Å²) in [5.74, 6) is 1.06. The lowest BCUT2D eigenvalue weighted by atomic mass is 9.86. The lowest BCUT2D eigenvalue weighted by Gasteiger charge is -2.20.